The molecular weight excluding hydrogens is 198 g/mol. The van der Waals surface area contributed by atoms with E-state index in [-0.39, 0.29) is 11.7 Å². The van der Waals surface area contributed by atoms with E-state index in [0.29, 0.717) is 6.54 Å². The van der Waals surface area contributed by atoms with Crippen LogP contribution in [0.4, 0.5) is 5.69 Å². The summed E-state index contributed by atoms with van der Waals surface area (Å²) in [6, 6.07) is 6.31. The van der Waals surface area contributed by atoms with Crippen LogP contribution in [-0.4, -0.2) is 19.4 Å². The van der Waals surface area contributed by atoms with Crippen molar-refractivity contribution in [2.75, 3.05) is 18.5 Å². The molecule has 2 heteroatoms. The molecule has 0 amide bonds. The molecule has 0 bridgehead atoms. The van der Waals surface area contributed by atoms with Gasteiger partial charge in [0.15, 0.2) is 5.78 Å². The monoisotopic (exact) mass is 219 g/mol. The van der Waals surface area contributed by atoms with Crippen molar-refractivity contribution in [2.45, 2.75) is 27.7 Å². The molecule has 0 radical (unpaired) electrons. The summed E-state index contributed by atoms with van der Waals surface area (Å²) in [6.45, 7) is 8.53. The van der Waals surface area contributed by atoms with Crippen molar-refractivity contribution < 1.29 is 4.79 Å². The molecule has 0 heterocycles. The lowest BCUT2D eigenvalue weighted by Gasteiger charge is -2.21. The quantitative estimate of drug-likeness (QED) is 0.776. The molecule has 0 N–H and O–H groups in total. The number of hydrogen-bond donors (Lipinski definition) is 0. The number of aryl methyl sites for hydroxylation is 2. The zero-order valence-corrected chi connectivity index (χ0v) is 10.9. The van der Waals surface area contributed by atoms with Gasteiger partial charge in [-0.25, -0.2) is 0 Å². The van der Waals surface area contributed by atoms with Crippen LogP contribution in [0.1, 0.15) is 25.0 Å². The van der Waals surface area contributed by atoms with Crippen molar-refractivity contribution >= 4 is 11.5 Å². The van der Waals surface area contributed by atoms with E-state index < -0.39 is 0 Å². The van der Waals surface area contributed by atoms with E-state index in [4.69, 9.17) is 0 Å². The summed E-state index contributed by atoms with van der Waals surface area (Å²) < 4.78 is 0. The van der Waals surface area contributed by atoms with Gasteiger partial charge in [-0.05, 0) is 25.5 Å². The Morgan fingerprint density at radius 1 is 1.31 bits per heavy atom. The van der Waals surface area contributed by atoms with Crippen molar-refractivity contribution in [2.24, 2.45) is 5.92 Å². The highest BCUT2D eigenvalue weighted by Crippen LogP contribution is 2.20. The fourth-order valence-electron chi connectivity index (χ4n) is 1.74. The largest absolute Gasteiger partial charge is 0.367 e. The first-order valence-corrected chi connectivity index (χ1v) is 5.73. The number of anilines is 1. The van der Waals surface area contributed by atoms with Gasteiger partial charge >= 0.3 is 0 Å². The molecule has 0 saturated heterocycles. The van der Waals surface area contributed by atoms with Crippen LogP contribution >= 0.6 is 0 Å². The maximum atomic E-state index is 11.7. The lowest BCUT2D eigenvalue weighted by atomic mass is 10.1. The summed E-state index contributed by atoms with van der Waals surface area (Å²) in [5.41, 5.74) is 3.61. The van der Waals surface area contributed by atoms with Gasteiger partial charge in [0.25, 0.3) is 0 Å². The van der Waals surface area contributed by atoms with Crippen LogP contribution in [0.25, 0.3) is 0 Å². The number of benzene rings is 1. The normalized spacial score (nSPS) is 10.6. The summed E-state index contributed by atoms with van der Waals surface area (Å²) in [7, 11) is 1.97. The Balaban J connectivity index is 2.80. The summed E-state index contributed by atoms with van der Waals surface area (Å²) in [6.07, 6.45) is 0. The molecule has 0 aliphatic heterocycles. The summed E-state index contributed by atoms with van der Waals surface area (Å²) in [4.78, 5) is 13.7. The molecule has 0 atom stereocenters. The Morgan fingerprint density at radius 3 is 2.44 bits per heavy atom. The van der Waals surface area contributed by atoms with E-state index in [1.165, 1.54) is 11.1 Å². The van der Waals surface area contributed by atoms with E-state index in [2.05, 4.69) is 32.0 Å². The molecular formula is C14H21NO. The first-order chi connectivity index (χ1) is 7.41. The van der Waals surface area contributed by atoms with Gasteiger partial charge in [0.1, 0.15) is 0 Å². The van der Waals surface area contributed by atoms with E-state index in [0.717, 1.165) is 5.69 Å². The van der Waals surface area contributed by atoms with Crippen LogP contribution in [0.2, 0.25) is 0 Å². The minimum atomic E-state index is 0.105. The SMILES string of the molecule is Cc1ccc(N(C)CC(=O)C(C)C)c(C)c1. The van der Waals surface area contributed by atoms with Crippen LogP contribution in [0.3, 0.4) is 0 Å². The second-order valence-electron chi connectivity index (χ2n) is 4.77. The molecule has 2 nitrogen and oxygen atoms in total. The number of ketones is 1. The Kier molecular flexibility index (Phi) is 4.11. The van der Waals surface area contributed by atoms with Crippen LogP contribution in [0.5, 0.6) is 0 Å². The van der Waals surface area contributed by atoms with E-state index >= 15 is 0 Å². The lowest BCUT2D eigenvalue weighted by Crippen LogP contribution is -2.28. The van der Waals surface area contributed by atoms with Crippen LogP contribution < -0.4 is 4.90 Å². The molecule has 0 unspecified atom stereocenters. The number of carbonyl (C=O) groups excluding carboxylic acids is 1. The molecule has 88 valence electrons. The Bertz CT molecular complexity index is 382. The van der Waals surface area contributed by atoms with E-state index in [1.54, 1.807) is 0 Å². The third kappa shape index (κ3) is 3.09. The van der Waals surface area contributed by atoms with E-state index in [1.807, 2.05) is 25.8 Å². The van der Waals surface area contributed by atoms with Gasteiger partial charge in [0, 0.05) is 18.7 Å². The highest BCUT2D eigenvalue weighted by molar-refractivity contribution is 5.85. The van der Waals surface area contributed by atoms with Crippen molar-refractivity contribution in [3.8, 4) is 0 Å². The van der Waals surface area contributed by atoms with Crippen molar-refractivity contribution in [3.63, 3.8) is 0 Å². The number of carbonyl (C=O) groups is 1. The molecule has 1 aromatic carbocycles. The first kappa shape index (κ1) is 12.8. The Hall–Kier alpha value is -1.31. The average molecular weight is 219 g/mol. The number of likely N-dealkylation sites (N-methyl/N-ethyl adjacent to an activating group) is 1. The molecule has 0 saturated carbocycles. The van der Waals surface area contributed by atoms with Gasteiger partial charge in [-0.15, -0.1) is 0 Å². The number of rotatable bonds is 4. The second kappa shape index (κ2) is 5.15. The molecule has 0 spiro atoms. The number of nitrogens with zero attached hydrogens (tertiary/aromatic N) is 1. The van der Waals surface area contributed by atoms with Gasteiger partial charge in [-0.2, -0.15) is 0 Å². The van der Waals surface area contributed by atoms with Gasteiger partial charge in [-0.1, -0.05) is 31.5 Å². The minimum absolute atomic E-state index is 0.105. The summed E-state index contributed by atoms with van der Waals surface area (Å²) in [5, 5.41) is 0. The molecule has 0 fully saturated rings. The number of Topliss-reactive ketones (excluding diaryl/α,β-unsaturated/α-hetero) is 1. The van der Waals surface area contributed by atoms with Gasteiger partial charge < -0.3 is 4.90 Å². The maximum absolute atomic E-state index is 11.7. The molecule has 16 heavy (non-hydrogen) atoms. The highest BCUT2D eigenvalue weighted by atomic mass is 16.1. The fraction of sp³-hybridized carbons (Fsp3) is 0.500. The first-order valence-electron chi connectivity index (χ1n) is 5.73. The predicted octanol–water partition coefficient (Wildman–Crippen LogP) is 2.96. The molecule has 0 aliphatic rings. The summed E-state index contributed by atoms with van der Waals surface area (Å²) >= 11 is 0. The molecule has 1 aromatic rings. The molecule has 1 rings (SSSR count). The van der Waals surface area contributed by atoms with E-state index in [9.17, 15) is 4.79 Å². The smallest absolute Gasteiger partial charge is 0.154 e. The van der Waals surface area contributed by atoms with Crippen LogP contribution in [0, 0.1) is 19.8 Å². The van der Waals surface area contributed by atoms with Crippen LogP contribution in [-0.2, 0) is 4.79 Å². The second-order valence-corrected chi connectivity index (χ2v) is 4.77. The average Bonchev–Trinajstić information content (AvgIpc) is 2.16. The van der Waals surface area contributed by atoms with Crippen molar-refractivity contribution in [3.05, 3.63) is 29.3 Å². The zero-order valence-electron chi connectivity index (χ0n) is 10.9. The van der Waals surface area contributed by atoms with Crippen molar-refractivity contribution in [1.82, 2.24) is 0 Å². The summed E-state index contributed by atoms with van der Waals surface area (Å²) in [5.74, 6) is 0.385. The third-order valence-corrected chi connectivity index (χ3v) is 2.80. The van der Waals surface area contributed by atoms with Crippen LogP contribution in [0.15, 0.2) is 18.2 Å². The zero-order chi connectivity index (χ0) is 12.3. The van der Waals surface area contributed by atoms with Gasteiger partial charge in [0.2, 0.25) is 0 Å². The fourth-order valence-corrected chi connectivity index (χ4v) is 1.74. The van der Waals surface area contributed by atoms with Gasteiger partial charge in [0.05, 0.1) is 6.54 Å². The van der Waals surface area contributed by atoms with Crippen molar-refractivity contribution in [1.29, 1.82) is 0 Å². The molecule has 0 aromatic heterocycles. The highest BCUT2D eigenvalue weighted by Gasteiger charge is 2.12. The lowest BCUT2D eigenvalue weighted by molar-refractivity contribution is -0.120. The predicted molar refractivity (Wildman–Crippen MR) is 69.0 cm³/mol. The standard InChI is InChI=1S/C14H21NO/c1-10(2)14(16)9-15(5)13-7-6-11(3)8-12(13)4/h6-8,10H,9H2,1-5H3. The molecule has 0 aliphatic carbocycles. The number of hydrogen-bond acceptors (Lipinski definition) is 2. The third-order valence-electron chi connectivity index (χ3n) is 2.80. The Morgan fingerprint density at radius 2 is 1.94 bits per heavy atom. The Labute approximate surface area is 98.3 Å². The minimum Gasteiger partial charge on any atom is -0.367 e. The maximum Gasteiger partial charge on any atom is 0.154 e. The van der Waals surface area contributed by atoms with Gasteiger partial charge in [-0.3, -0.25) is 4.79 Å². The topological polar surface area (TPSA) is 20.3 Å².